The zero-order valence-corrected chi connectivity index (χ0v) is 11.2. The van der Waals surface area contributed by atoms with Gasteiger partial charge < -0.3 is 19.9 Å². The summed E-state index contributed by atoms with van der Waals surface area (Å²) in [4.78, 5) is 0. The molecule has 17 heavy (non-hydrogen) atoms. The second-order valence-corrected chi connectivity index (χ2v) is 5.08. The van der Waals surface area contributed by atoms with Crippen LogP contribution in [-0.4, -0.2) is 50.7 Å². The van der Waals surface area contributed by atoms with E-state index in [0.717, 1.165) is 25.3 Å². The third-order valence-corrected chi connectivity index (χ3v) is 3.28. The highest BCUT2D eigenvalue weighted by Gasteiger charge is 2.20. The van der Waals surface area contributed by atoms with Crippen LogP contribution in [-0.2, 0) is 9.47 Å². The van der Waals surface area contributed by atoms with Crippen molar-refractivity contribution < 1.29 is 14.6 Å². The third kappa shape index (κ3) is 6.99. The molecule has 4 nitrogen and oxygen atoms in total. The lowest BCUT2D eigenvalue weighted by Crippen LogP contribution is -2.34. The minimum Gasteiger partial charge on any atom is -0.389 e. The lowest BCUT2D eigenvalue weighted by Gasteiger charge is -2.27. The van der Waals surface area contributed by atoms with E-state index in [4.69, 9.17) is 9.47 Å². The molecule has 0 unspecified atom stereocenters. The molecule has 0 radical (unpaired) electrons. The van der Waals surface area contributed by atoms with E-state index in [2.05, 4.69) is 12.2 Å². The Kier molecular flexibility index (Phi) is 7.77. The van der Waals surface area contributed by atoms with Gasteiger partial charge in [0.1, 0.15) is 0 Å². The fraction of sp³-hybridized carbons (Fsp3) is 1.00. The molecule has 0 bridgehead atoms. The maximum atomic E-state index is 9.72. The van der Waals surface area contributed by atoms with E-state index in [1.54, 1.807) is 7.11 Å². The maximum Gasteiger partial charge on any atom is 0.0897 e. The predicted molar refractivity (Wildman–Crippen MR) is 68.1 cm³/mol. The third-order valence-electron chi connectivity index (χ3n) is 3.28. The normalized spacial score (nSPS) is 27.0. The summed E-state index contributed by atoms with van der Waals surface area (Å²) in [5.41, 5.74) is 0. The largest absolute Gasteiger partial charge is 0.389 e. The quantitative estimate of drug-likeness (QED) is 0.631. The molecule has 1 aliphatic rings. The summed E-state index contributed by atoms with van der Waals surface area (Å²) in [5.74, 6) is 0.769. The van der Waals surface area contributed by atoms with Crippen molar-refractivity contribution in [3.63, 3.8) is 0 Å². The van der Waals surface area contributed by atoms with Crippen molar-refractivity contribution in [1.82, 2.24) is 5.32 Å². The van der Waals surface area contributed by atoms with E-state index in [1.165, 1.54) is 12.8 Å². The van der Waals surface area contributed by atoms with Gasteiger partial charge in [0.2, 0.25) is 0 Å². The Labute approximate surface area is 105 Å². The Bertz CT molecular complexity index is 190. The summed E-state index contributed by atoms with van der Waals surface area (Å²) >= 11 is 0. The molecule has 0 amide bonds. The fourth-order valence-electron chi connectivity index (χ4n) is 2.28. The lowest BCUT2D eigenvalue weighted by atomic mass is 9.89. The highest BCUT2D eigenvalue weighted by Crippen LogP contribution is 2.25. The number of hydrogen-bond acceptors (Lipinski definition) is 4. The molecule has 102 valence electrons. The molecule has 0 aliphatic heterocycles. The minimum absolute atomic E-state index is 0.354. The summed E-state index contributed by atoms with van der Waals surface area (Å²) in [6, 6.07) is 0. The summed E-state index contributed by atoms with van der Waals surface area (Å²) in [6.45, 7) is 4.74. The fourth-order valence-corrected chi connectivity index (χ4v) is 2.28. The molecule has 0 saturated heterocycles. The number of aliphatic hydroxyl groups is 1. The predicted octanol–water partition coefficient (Wildman–Crippen LogP) is 1.18. The van der Waals surface area contributed by atoms with Crippen LogP contribution < -0.4 is 5.32 Å². The summed E-state index contributed by atoms with van der Waals surface area (Å²) in [7, 11) is 1.67. The van der Waals surface area contributed by atoms with Crippen LogP contribution in [0.1, 0.15) is 32.6 Å². The smallest absolute Gasteiger partial charge is 0.0897 e. The second-order valence-electron chi connectivity index (χ2n) is 5.08. The van der Waals surface area contributed by atoms with Crippen LogP contribution in [0.4, 0.5) is 0 Å². The molecule has 0 heterocycles. The molecule has 0 aromatic rings. The molecule has 3 atom stereocenters. The summed E-state index contributed by atoms with van der Waals surface area (Å²) < 4.78 is 10.7. The van der Waals surface area contributed by atoms with Gasteiger partial charge in [0, 0.05) is 20.2 Å². The molecule has 1 rings (SSSR count). The van der Waals surface area contributed by atoms with E-state index in [0.29, 0.717) is 25.9 Å². The van der Waals surface area contributed by atoms with Gasteiger partial charge in [-0.05, 0) is 18.8 Å². The molecule has 4 heteroatoms. The number of ether oxygens (including phenoxy) is 2. The Morgan fingerprint density at radius 2 is 2.24 bits per heavy atom. The average Bonchev–Trinajstić information content (AvgIpc) is 2.32. The topological polar surface area (TPSA) is 50.7 Å². The van der Waals surface area contributed by atoms with Gasteiger partial charge in [-0.1, -0.05) is 19.8 Å². The van der Waals surface area contributed by atoms with Gasteiger partial charge in [-0.15, -0.1) is 0 Å². The Morgan fingerprint density at radius 3 is 2.94 bits per heavy atom. The van der Waals surface area contributed by atoms with Crippen LogP contribution in [0.3, 0.4) is 0 Å². The van der Waals surface area contributed by atoms with E-state index in [-0.39, 0.29) is 0 Å². The summed E-state index contributed by atoms with van der Waals surface area (Å²) in [5, 5.41) is 12.8. The molecule has 1 saturated carbocycles. The number of rotatable bonds is 8. The van der Waals surface area contributed by atoms with Crippen molar-refractivity contribution >= 4 is 0 Å². The Hall–Kier alpha value is -0.160. The van der Waals surface area contributed by atoms with Crippen LogP contribution >= 0.6 is 0 Å². The van der Waals surface area contributed by atoms with Crippen LogP contribution in [0, 0.1) is 5.92 Å². The molecular formula is C13H27NO3. The molecule has 0 spiro atoms. The van der Waals surface area contributed by atoms with Gasteiger partial charge in [0.25, 0.3) is 0 Å². The minimum atomic E-state index is -0.413. The molecule has 0 aromatic carbocycles. The van der Waals surface area contributed by atoms with E-state index < -0.39 is 6.10 Å². The van der Waals surface area contributed by atoms with Gasteiger partial charge in [-0.25, -0.2) is 0 Å². The van der Waals surface area contributed by atoms with E-state index >= 15 is 0 Å². The highest BCUT2D eigenvalue weighted by atomic mass is 16.5. The molecule has 1 aliphatic carbocycles. The zero-order chi connectivity index (χ0) is 12.5. The first-order chi connectivity index (χ1) is 8.22. The second kappa shape index (κ2) is 8.86. The van der Waals surface area contributed by atoms with Crippen molar-refractivity contribution in [1.29, 1.82) is 0 Å². The van der Waals surface area contributed by atoms with Gasteiger partial charge in [-0.2, -0.15) is 0 Å². The monoisotopic (exact) mass is 245 g/mol. The molecular weight excluding hydrogens is 218 g/mol. The first-order valence-electron chi connectivity index (χ1n) is 6.71. The van der Waals surface area contributed by atoms with Crippen LogP contribution in [0.5, 0.6) is 0 Å². The SMILES string of the molecule is COCCNC[C@@H](O)CO[C@H]1CCC[C@@H](C)C1. The van der Waals surface area contributed by atoms with Crippen molar-refractivity contribution in [3.8, 4) is 0 Å². The number of nitrogens with one attached hydrogen (secondary N) is 1. The lowest BCUT2D eigenvalue weighted by molar-refractivity contribution is -0.0307. The van der Waals surface area contributed by atoms with Gasteiger partial charge >= 0.3 is 0 Å². The summed E-state index contributed by atoms with van der Waals surface area (Å²) in [6.07, 6.45) is 4.81. The molecule has 2 N–H and O–H groups in total. The first-order valence-corrected chi connectivity index (χ1v) is 6.71. The standard InChI is InChI=1S/C13H27NO3/c1-11-4-3-5-13(8-11)17-10-12(15)9-14-6-7-16-2/h11-15H,3-10H2,1-2H3/t11-,12-,13+/m1/s1. The Balaban J connectivity index is 2.00. The Morgan fingerprint density at radius 1 is 1.41 bits per heavy atom. The maximum absolute atomic E-state index is 9.72. The van der Waals surface area contributed by atoms with Gasteiger partial charge in [0.05, 0.1) is 25.4 Å². The molecule has 1 fully saturated rings. The van der Waals surface area contributed by atoms with Crippen molar-refractivity contribution in [2.45, 2.75) is 44.8 Å². The zero-order valence-electron chi connectivity index (χ0n) is 11.2. The number of hydrogen-bond donors (Lipinski definition) is 2. The van der Waals surface area contributed by atoms with Gasteiger partial charge in [0.15, 0.2) is 0 Å². The number of aliphatic hydroxyl groups excluding tert-OH is 1. The van der Waals surface area contributed by atoms with Crippen molar-refractivity contribution in [2.75, 3.05) is 33.4 Å². The van der Waals surface area contributed by atoms with Crippen LogP contribution in [0.25, 0.3) is 0 Å². The van der Waals surface area contributed by atoms with E-state index in [9.17, 15) is 5.11 Å². The van der Waals surface area contributed by atoms with Gasteiger partial charge in [-0.3, -0.25) is 0 Å². The highest BCUT2D eigenvalue weighted by molar-refractivity contribution is 4.71. The van der Waals surface area contributed by atoms with Crippen molar-refractivity contribution in [2.24, 2.45) is 5.92 Å². The first kappa shape index (κ1) is 14.9. The number of methoxy groups -OCH3 is 1. The van der Waals surface area contributed by atoms with Crippen LogP contribution in [0.15, 0.2) is 0 Å². The van der Waals surface area contributed by atoms with Crippen LogP contribution in [0.2, 0.25) is 0 Å². The van der Waals surface area contributed by atoms with Crippen molar-refractivity contribution in [3.05, 3.63) is 0 Å². The molecule has 0 aromatic heterocycles. The van der Waals surface area contributed by atoms with E-state index in [1.807, 2.05) is 0 Å². The average molecular weight is 245 g/mol.